The number of hydrogen-bond acceptors (Lipinski definition) is 6. The van der Waals surface area contributed by atoms with E-state index in [4.69, 9.17) is 11.5 Å². The summed E-state index contributed by atoms with van der Waals surface area (Å²) in [6.45, 7) is 0. The number of carbonyl (C=O) groups is 3. The van der Waals surface area contributed by atoms with Crippen LogP contribution in [0.5, 0.6) is 0 Å². The molecule has 8 heteroatoms. The van der Waals surface area contributed by atoms with E-state index in [-0.39, 0.29) is 24.2 Å². The number of esters is 1. The lowest BCUT2D eigenvalue weighted by Crippen LogP contribution is -2.36. The molecule has 2 amide bonds. The van der Waals surface area contributed by atoms with Crippen LogP contribution in [0, 0.1) is 0 Å². The van der Waals surface area contributed by atoms with Gasteiger partial charge in [0.15, 0.2) is 0 Å². The summed E-state index contributed by atoms with van der Waals surface area (Å²) < 4.78 is 4.45. The standard InChI is InChI=1S/C12H16N4O4/c1-20-10(17)5-3-8(13)12(19)16-9-4-2-7(6-15-9)11(14)18/h2,4,6,8H,3,5,13H2,1H3,(H2,14,18)(H,15,16,19)/t8-/m0/s1. The Balaban J connectivity index is 2.52. The lowest BCUT2D eigenvalue weighted by Gasteiger charge is -2.11. The van der Waals surface area contributed by atoms with Gasteiger partial charge in [0, 0.05) is 12.6 Å². The molecular formula is C12H16N4O4. The summed E-state index contributed by atoms with van der Waals surface area (Å²) in [6.07, 6.45) is 1.47. The number of hydrogen-bond donors (Lipinski definition) is 3. The molecule has 0 saturated carbocycles. The Hall–Kier alpha value is -2.48. The molecule has 1 aromatic heterocycles. The van der Waals surface area contributed by atoms with Gasteiger partial charge in [-0.2, -0.15) is 0 Å². The van der Waals surface area contributed by atoms with Crippen molar-refractivity contribution in [2.45, 2.75) is 18.9 Å². The molecule has 0 spiro atoms. The number of carbonyl (C=O) groups excluding carboxylic acids is 3. The van der Waals surface area contributed by atoms with Crippen molar-refractivity contribution in [1.29, 1.82) is 0 Å². The molecule has 0 aromatic carbocycles. The largest absolute Gasteiger partial charge is 0.469 e. The number of methoxy groups -OCH3 is 1. The number of anilines is 1. The summed E-state index contributed by atoms with van der Waals surface area (Å²) in [5, 5.41) is 2.47. The maximum atomic E-state index is 11.7. The molecular weight excluding hydrogens is 264 g/mol. The molecule has 5 N–H and O–H groups in total. The predicted octanol–water partition coefficient (Wildman–Crippen LogP) is -0.600. The Morgan fingerprint density at radius 1 is 1.40 bits per heavy atom. The number of nitrogens with two attached hydrogens (primary N) is 2. The molecule has 0 aliphatic rings. The third kappa shape index (κ3) is 4.65. The first-order valence-electron chi connectivity index (χ1n) is 5.83. The Bertz CT molecular complexity index is 501. The minimum Gasteiger partial charge on any atom is -0.469 e. The van der Waals surface area contributed by atoms with Gasteiger partial charge in [-0.1, -0.05) is 0 Å². The summed E-state index contributed by atoms with van der Waals surface area (Å²) in [7, 11) is 1.26. The van der Waals surface area contributed by atoms with Crippen molar-refractivity contribution in [1.82, 2.24) is 4.98 Å². The van der Waals surface area contributed by atoms with E-state index in [0.717, 1.165) is 0 Å². The third-order valence-corrected chi connectivity index (χ3v) is 2.52. The van der Waals surface area contributed by atoms with Crippen LogP contribution in [-0.2, 0) is 14.3 Å². The summed E-state index contributed by atoms with van der Waals surface area (Å²) in [5.41, 5.74) is 10.9. The molecule has 0 aliphatic heterocycles. The van der Waals surface area contributed by atoms with Crippen molar-refractivity contribution < 1.29 is 19.1 Å². The van der Waals surface area contributed by atoms with E-state index in [1.807, 2.05) is 0 Å². The number of ether oxygens (including phenoxy) is 1. The molecule has 0 unspecified atom stereocenters. The highest BCUT2D eigenvalue weighted by Crippen LogP contribution is 2.06. The number of primary amides is 1. The molecule has 0 aliphatic carbocycles. The first kappa shape index (κ1) is 15.6. The zero-order chi connectivity index (χ0) is 15.1. The number of aromatic nitrogens is 1. The normalized spacial score (nSPS) is 11.5. The van der Waals surface area contributed by atoms with Crippen molar-refractivity contribution in [3.05, 3.63) is 23.9 Å². The predicted molar refractivity (Wildman–Crippen MR) is 70.6 cm³/mol. The highest BCUT2D eigenvalue weighted by atomic mass is 16.5. The van der Waals surface area contributed by atoms with Gasteiger partial charge in [0.05, 0.1) is 18.7 Å². The van der Waals surface area contributed by atoms with Crippen LogP contribution in [-0.4, -0.2) is 35.9 Å². The van der Waals surface area contributed by atoms with Gasteiger partial charge in [-0.3, -0.25) is 14.4 Å². The molecule has 1 rings (SSSR count). The lowest BCUT2D eigenvalue weighted by atomic mass is 10.1. The van der Waals surface area contributed by atoms with Gasteiger partial charge in [-0.15, -0.1) is 0 Å². The minimum absolute atomic E-state index is 0.0547. The van der Waals surface area contributed by atoms with E-state index in [9.17, 15) is 14.4 Å². The van der Waals surface area contributed by atoms with E-state index in [0.29, 0.717) is 0 Å². The first-order valence-corrected chi connectivity index (χ1v) is 5.83. The van der Waals surface area contributed by atoms with Gasteiger partial charge in [-0.05, 0) is 18.6 Å². The topological polar surface area (TPSA) is 137 Å². The average molecular weight is 280 g/mol. The molecule has 1 heterocycles. The molecule has 1 atom stereocenters. The third-order valence-electron chi connectivity index (χ3n) is 2.52. The average Bonchev–Trinajstić information content (AvgIpc) is 2.44. The Morgan fingerprint density at radius 2 is 2.10 bits per heavy atom. The molecule has 0 bridgehead atoms. The fourth-order valence-electron chi connectivity index (χ4n) is 1.34. The van der Waals surface area contributed by atoms with Gasteiger partial charge in [0.25, 0.3) is 0 Å². The number of nitrogens with one attached hydrogen (secondary N) is 1. The summed E-state index contributed by atoms with van der Waals surface area (Å²) >= 11 is 0. The number of rotatable bonds is 6. The van der Waals surface area contributed by atoms with E-state index < -0.39 is 23.8 Å². The zero-order valence-electron chi connectivity index (χ0n) is 11.0. The number of amides is 2. The lowest BCUT2D eigenvalue weighted by molar-refractivity contribution is -0.140. The van der Waals surface area contributed by atoms with Gasteiger partial charge >= 0.3 is 5.97 Å². The molecule has 1 aromatic rings. The number of pyridine rings is 1. The molecule has 8 nitrogen and oxygen atoms in total. The smallest absolute Gasteiger partial charge is 0.305 e. The Labute approximate surface area is 115 Å². The molecule has 0 saturated heterocycles. The van der Waals surface area contributed by atoms with Crippen molar-refractivity contribution in [3.63, 3.8) is 0 Å². The second-order valence-electron chi connectivity index (χ2n) is 4.01. The van der Waals surface area contributed by atoms with Crippen LogP contribution >= 0.6 is 0 Å². The highest BCUT2D eigenvalue weighted by molar-refractivity contribution is 5.95. The van der Waals surface area contributed by atoms with Gasteiger partial charge < -0.3 is 21.5 Å². The Kier molecular flexibility index (Phi) is 5.60. The Morgan fingerprint density at radius 3 is 2.60 bits per heavy atom. The highest BCUT2D eigenvalue weighted by Gasteiger charge is 2.16. The van der Waals surface area contributed by atoms with Crippen molar-refractivity contribution in [3.8, 4) is 0 Å². The zero-order valence-corrected chi connectivity index (χ0v) is 11.0. The first-order chi connectivity index (χ1) is 9.43. The van der Waals surface area contributed by atoms with Gasteiger partial charge in [0.2, 0.25) is 11.8 Å². The molecule has 108 valence electrons. The maximum Gasteiger partial charge on any atom is 0.305 e. The fraction of sp³-hybridized carbons (Fsp3) is 0.333. The van der Waals surface area contributed by atoms with Crippen LogP contribution in [0.4, 0.5) is 5.82 Å². The van der Waals surface area contributed by atoms with Crippen molar-refractivity contribution in [2.75, 3.05) is 12.4 Å². The molecule has 0 radical (unpaired) electrons. The van der Waals surface area contributed by atoms with Crippen LogP contribution in [0.15, 0.2) is 18.3 Å². The SMILES string of the molecule is COC(=O)CC[C@H](N)C(=O)Nc1ccc(C(N)=O)cn1. The van der Waals surface area contributed by atoms with Crippen LogP contribution in [0.1, 0.15) is 23.2 Å². The molecule has 20 heavy (non-hydrogen) atoms. The van der Waals surface area contributed by atoms with Crippen molar-refractivity contribution >= 4 is 23.6 Å². The van der Waals surface area contributed by atoms with Crippen LogP contribution < -0.4 is 16.8 Å². The monoisotopic (exact) mass is 280 g/mol. The van der Waals surface area contributed by atoms with E-state index in [1.54, 1.807) is 0 Å². The quantitative estimate of drug-likeness (QED) is 0.595. The van der Waals surface area contributed by atoms with Gasteiger partial charge in [-0.25, -0.2) is 4.98 Å². The van der Waals surface area contributed by atoms with Gasteiger partial charge in [0.1, 0.15) is 5.82 Å². The summed E-state index contributed by atoms with van der Waals surface area (Å²) in [4.78, 5) is 37.4. The van der Waals surface area contributed by atoms with E-state index in [1.165, 1.54) is 25.4 Å². The molecule has 0 fully saturated rings. The van der Waals surface area contributed by atoms with Crippen molar-refractivity contribution in [2.24, 2.45) is 11.5 Å². The van der Waals surface area contributed by atoms with Crippen LogP contribution in [0.2, 0.25) is 0 Å². The maximum absolute atomic E-state index is 11.7. The van der Waals surface area contributed by atoms with Crippen LogP contribution in [0.3, 0.4) is 0 Å². The second kappa shape index (κ2) is 7.19. The summed E-state index contributed by atoms with van der Waals surface area (Å²) in [6, 6.07) is 2.02. The van der Waals surface area contributed by atoms with E-state index >= 15 is 0 Å². The second-order valence-corrected chi connectivity index (χ2v) is 4.01. The van der Waals surface area contributed by atoms with E-state index in [2.05, 4.69) is 15.0 Å². The van der Waals surface area contributed by atoms with Crippen LogP contribution in [0.25, 0.3) is 0 Å². The number of nitrogens with zero attached hydrogens (tertiary/aromatic N) is 1. The summed E-state index contributed by atoms with van der Waals surface area (Å²) in [5.74, 6) is -1.27. The minimum atomic E-state index is -0.855. The fourth-order valence-corrected chi connectivity index (χ4v) is 1.34.